The molecular weight excluding hydrogens is 459 g/mol. The van der Waals surface area contributed by atoms with Gasteiger partial charge in [0.15, 0.2) is 0 Å². The van der Waals surface area contributed by atoms with E-state index in [9.17, 15) is 4.79 Å². The SMILES string of the molecule is CCCN(CCC)C(=S)Oc1ccc(C(=O)Nc2ccc(I)cc2)cc1. The second-order valence-corrected chi connectivity index (χ2v) is 7.44. The van der Waals surface area contributed by atoms with Crippen molar-refractivity contribution in [3.8, 4) is 5.75 Å². The normalized spacial score (nSPS) is 10.3. The van der Waals surface area contributed by atoms with E-state index in [-0.39, 0.29) is 5.91 Å². The van der Waals surface area contributed by atoms with Crippen LogP contribution in [-0.4, -0.2) is 29.1 Å². The summed E-state index contributed by atoms with van der Waals surface area (Å²) in [6.45, 7) is 5.99. The van der Waals surface area contributed by atoms with E-state index in [2.05, 4.69) is 46.7 Å². The third kappa shape index (κ3) is 6.25. The van der Waals surface area contributed by atoms with Crippen molar-refractivity contribution in [2.75, 3.05) is 18.4 Å². The van der Waals surface area contributed by atoms with E-state index >= 15 is 0 Å². The van der Waals surface area contributed by atoms with E-state index in [1.54, 1.807) is 24.3 Å². The number of thiocarbonyl (C=S) groups is 1. The number of hydrogen-bond donors (Lipinski definition) is 1. The van der Waals surface area contributed by atoms with E-state index in [0.717, 1.165) is 35.2 Å². The van der Waals surface area contributed by atoms with Crippen LogP contribution in [0.5, 0.6) is 5.75 Å². The first-order valence-corrected chi connectivity index (χ1v) is 10.2. The summed E-state index contributed by atoms with van der Waals surface area (Å²) in [4.78, 5) is 14.4. The maximum Gasteiger partial charge on any atom is 0.264 e. The zero-order chi connectivity index (χ0) is 18.9. The lowest BCUT2D eigenvalue weighted by Gasteiger charge is -2.23. The average Bonchev–Trinajstić information content (AvgIpc) is 2.64. The van der Waals surface area contributed by atoms with Gasteiger partial charge in [-0.1, -0.05) is 13.8 Å². The maximum absolute atomic E-state index is 12.3. The molecule has 0 fully saturated rings. The zero-order valence-corrected chi connectivity index (χ0v) is 18.0. The largest absolute Gasteiger partial charge is 0.432 e. The van der Waals surface area contributed by atoms with Crippen molar-refractivity contribution >= 4 is 51.6 Å². The Morgan fingerprint density at radius 3 is 2.15 bits per heavy atom. The van der Waals surface area contributed by atoms with Gasteiger partial charge in [0.1, 0.15) is 5.75 Å². The van der Waals surface area contributed by atoms with Gasteiger partial charge < -0.3 is 15.0 Å². The quantitative estimate of drug-likeness (QED) is 0.428. The molecule has 0 atom stereocenters. The van der Waals surface area contributed by atoms with Crippen LogP contribution >= 0.6 is 34.8 Å². The molecule has 2 rings (SSSR count). The van der Waals surface area contributed by atoms with Gasteiger partial charge in [-0.3, -0.25) is 4.79 Å². The number of nitrogens with zero attached hydrogens (tertiary/aromatic N) is 1. The first kappa shape index (κ1) is 20.6. The number of carbonyl (C=O) groups excluding carboxylic acids is 1. The minimum Gasteiger partial charge on any atom is -0.432 e. The molecular formula is C20H23IN2O2S. The third-order valence-corrected chi connectivity index (χ3v) is 4.73. The van der Waals surface area contributed by atoms with Crippen molar-refractivity contribution in [3.63, 3.8) is 0 Å². The molecule has 2 aromatic rings. The van der Waals surface area contributed by atoms with E-state index in [1.807, 2.05) is 24.3 Å². The van der Waals surface area contributed by atoms with Crippen LogP contribution in [0.15, 0.2) is 48.5 Å². The molecule has 0 unspecified atom stereocenters. The molecule has 0 saturated carbocycles. The van der Waals surface area contributed by atoms with Gasteiger partial charge in [-0.15, -0.1) is 0 Å². The average molecular weight is 482 g/mol. The summed E-state index contributed by atoms with van der Waals surface area (Å²) in [5.41, 5.74) is 1.34. The van der Waals surface area contributed by atoms with Gasteiger partial charge in [0.25, 0.3) is 11.1 Å². The van der Waals surface area contributed by atoms with Crippen LogP contribution in [-0.2, 0) is 0 Å². The monoisotopic (exact) mass is 482 g/mol. The van der Waals surface area contributed by atoms with Crippen molar-refractivity contribution < 1.29 is 9.53 Å². The Morgan fingerprint density at radius 1 is 1.04 bits per heavy atom. The summed E-state index contributed by atoms with van der Waals surface area (Å²) in [6, 6.07) is 14.7. The lowest BCUT2D eigenvalue weighted by Crippen LogP contribution is -2.34. The first-order chi connectivity index (χ1) is 12.5. The van der Waals surface area contributed by atoms with Crippen molar-refractivity contribution in [1.82, 2.24) is 4.90 Å². The van der Waals surface area contributed by atoms with Crippen LogP contribution in [0.3, 0.4) is 0 Å². The number of carbonyl (C=O) groups is 1. The molecule has 138 valence electrons. The minimum atomic E-state index is -0.154. The van der Waals surface area contributed by atoms with Crippen LogP contribution in [0.1, 0.15) is 37.0 Å². The topological polar surface area (TPSA) is 41.6 Å². The Labute approximate surface area is 174 Å². The predicted molar refractivity (Wildman–Crippen MR) is 119 cm³/mol. The number of benzene rings is 2. The standard InChI is InChI=1S/C20H23IN2O2S/c1-3-13-23(14-4-2)20(26)25-18-11-5-15(6-12-18)19(24)22-17-9-7-16(21)8-10-17/h5-12H,3-4,13-14H2,1-2H3,(H,22,24). The van der Waals surface area contributed by atoms with Crippen LogP contribution in [0, 0.1) is 3.57 Å². The van der Waals surface area contributed by atoms with E-state index in [1.165, 1.54) is 0 Å². The lowest BCUT2D eigenvalue weighted by molar-refractivity contribution is 0.102. The Bertz CT molecular complexity index is 726. The fourth-order valence-corrected chi connectivity index (χ4v) is 3.05. The molecule has 0 radical (unpaired) electrons. The zero-order valence-electron chi connectivity index (χ0n) is 15.0. The molecule has 26 heavy (non-hydrogen) atoms. The summed E-state index contributed by atoms with van der Waals surface area (Å²) in [7, 11) is 0. The highest BCUT2D eigenvalue weighted by atomic mass is 127. The smallest absolute Gasteiger partial charge is 0.264 e. The van der Waals surface area contributed by atoms with Crippen molar-refractivity contribution in [2.45, 2.75) is 26.7 Å². The van der Waals surface area contributed by atoms with Crippen molar-refractivity contribution in [1.29, 1.82) is 0 Å². The minimum absolute atomic E-state index is 0.154. The molecule has 0 aliphatic heterocycles. The summed E-state index contributed by atoms with van der Waals surface area (Å²) in [5, 5.41) is 3.36. The maximum atomic E-state index is 12.3. The Morgan fingerprint density at radius 2 is 1.62 bits per heavy atom. The Hall–Kier alpha value is -1.67. The van der Waals surface area contributed by atoms with Crippen molar-refractivity contribution in [2.24, 2.45) is 0 Å². The molecule has 6 heteroatoms. The molecule has 0 bridgehead atoms. The molecule has 0 saturated heterocycles. The third-order valence-electron chi connectivity index (χ3n) is 3.67. The number of ether oxygens (including phenoxy) is 1. The van der Waals surface area contributed by atoms with Crippen LogP contribution in [0.25, 0.3) is 0 Å². The highest BCUT2D eigenvalue weighted by Crippen LogP contribution is 2.16. The Kier molecular flexibility index (Phi) is 8.31. The van der Waals surface area contributed by atoms with Gasteiger partial charge in [-0.25, -0.2) is 0 Å². The van der Waals surface area contributed by atoms with Gasteiger partial charge >= 0.3 is 0 Å². The fraction of sp³-hybridized carbons (Fsp3) is 0.300. The number of anilines is 1. The summed E-state index contributed by atoms with van der Waals surface area (Å²) in [5.74, 6) is 0.483. The van der Waals surface area contributed by atoms with Gasteiger partial charge in [0.05, 0.1) is 0 Å². The molecule has 0 spiro atoms. The second kappa shape index (κ2) is 10.5. The molecule has 4 nitrogen and oxygen atoms in total. The Balaban J connectivity index is 1.97. The molecule has 1 N–H and O–H groups in total. The van der Waals surface area contributed by atoms with Crippen LogP contribution in [0.4, 0.5) is 5.69 Å². The van der Waals surface area contributed by atoms with Gasteiger partial charge in [0.2, 0.25) is 0 Å². The summed E-state index contributed by atoms with van der Waals surface area (Å²) in [6.07, 6.45) is 2.03. The predicted octanol–water partition coefficient (Wildman–Crippen LogP) is 5.33. The number of amides is 1. The molecule has 0 heterocycles. The fourth-order valence-electron chi connectivity index (χ4n) is 2.41. The number of nitrogens with one attached hydrogen (secondary N) is 1. The second-order valence-electron chi connectivity index (χ2n) is 5.84. The summed E-state index contributed by atoms with van der Waals surface area (Å²) >= 11 is 7.62. The van der Waals surface area contributed by atoms with E-state index < -0.39 is 0 Å². The van der Waals surface area contributed by atoms with Crippen molar-refractivity contribution in [3.05, 3.63) is 57.7 Å². The molecule has 2 aromatic carbocycles. The highest BCUT2D eigenvalue weighted by Gasteiger charge is 2.11. The number of halogens is 1. The molecule has 0 aliphatic carbocycles. The first-order valence-electron chi connectivity index (χ1n) is 8.67. The highest BCUT2D eigenvalue weighted by molar-refractivity contribution is 14.1. The molecule has 1 amide bonds. The molecule has 0 aromatic heterocycles. The number of rotatable bonds is 7. The van der Waals surface area contributed by atoms with Gasteiger partial charge in [-0.2, -0.15) is 0 Å². The van der Waals surface area contributed by atoms with Crippen LogP contribution in [0.2, 0.25) is 0 Å². The van der Waals surface area contributed by atoms with E-state index in [0.29, 0.717) is 16.5 Å². The van der Waals surface area contributed by atoms with Crippen LogP contribution < -0.4 is 10.1 Å². The lowest BCUT2D eigenvalue weighted by atomic mass is 10.2. The number of hydrogen-bond acceptors (Lipinski definition) is 3. The van der Waals surface area contributed by atoms with Gasteiger partial charge in [0, 0.05) is 27.9 Å². The van der Waals surface area contributed by atoms with Gasteiger partial charge in [-0.05, 0) is 96.2 Å². The molecule has 0 aliphatic rings. The van der Waals surface area contributed by atoms with E-state index in [4.69, 9.17) is 17.0 Å². The summed E-state index contributed by atoms with van der Waals surface area (Å²) < 4.78 is 6.90.